The zero-order chi connectivity index (χ0) is 23.0. The van der Waals surface area contributed by atoms with Crippen molar-refractivity contribution in [3.05, 3.63) is 77.4 Å². The Morgan fingerprint density at radius 1 is 0.903 bits per heavy atom. The highest BCUT2D eigenvalue weighted by Crippen LogP contribution is 2.42. The second-order valence-electron chi connectivity index (χ2n) is 6.41. The van der Waals surface area contributed by atoms with Crippen LogP contribution in [-0.4, -0.2) is 35.9 Å². The number of carbonyl (C=O) groups is 1. The molecule has 5 nitrogen and oxygen atoms in total. The number of fused-ring (bicyclic) bond motifs is 2. The van der Waals surface area contributed by atoms with Crippen LogP contribution in [0.2, 0.25) is 0 Å². The van der Waals surface area contributed by atoms with Crippen LogP contribution in [0.3, 0.4) is 0 Å². The lowest BCUT2D eigenvalue weighted by molar-refractivity contribution is 0.101. The summed E-state index contributed by atoms with van der Waals surface area (Å²) in [5.74, 6) is -0.0825. The van der Waals surface area contributed by atoms with Crippen LogP contribution < -0.4 is 0 Å². The van der Waals surface area contributed by atoms with E-state index < -0.39 is 0 Å². The third kappa shape index (κ3) is 5.75. The Balaban J connectivity index is 0.000000630. The molecule has 6 heteroatoms. The van der Waals surface area contributed by atoms with Crippen LogP contribution in [0.25, 0.3) is 0 Å². The Morgan fingerprint density at radius 3 is 2.23 bits per heavy atom. The summed E-state index contributed by atoms with van der Waals surface area (Å²) >= 11 is 1.57. The summed E-state index contributed by atoms with van der Waals surface area (Å²) in [5, 5.41) is 20.0. The van der Waals surface area contributed by atoms with Gasteiger partial charge in [-0.1, -0.05) is 49.9 Å². The minimum atomic E-state index is -0.0466. The Morgan fingerprint density at radius 2 is 1.58 bits per heavy atom. The number of hydrogen-bond donors (Lipinski definition) is 2. The first-order valence-corrected chi connectivity index (χ1v) is 10.7. The highest BCUT2D eigenvalue weighted by Gasteiger charge is 2.21. The monoisotopic (exact) mass is 437 g/mol. The number of benzene rings is 3. The molecule has 1 aliphatic rings. The Bertz CT molecular complexity index is 1090. The average molecular weight is 438 g/mol. The van der Waals surface area contributed by atoms with Crippen LogP contribution in [-0.2, 0) is 4.74 Å². The molecule has 0 aromatic heterocycles. The highest BCUT2D eigenvalue weighted by atomic mass is 32.2. The molecule has 4 rings (SSSR count). The molecule has 0 radical (unpaired) electrons. The molecule has 0 atom stereocenters. The van der Waals surface area contributed by atoms with E-state index in [0.717, 1.165) is 15.4 Å². The molecule has 1 heterocycles. The second-order valence-corrected chi connectivity index (χ2v) is 7.49. The van der Waals surface area contributed by atoms with Crippen LogP contribution in [0, 0.1) is 0 Å². The quantitative estimate of drug-likeness (QED) is 0.364. The molecule has 31 heavy (non-hydrogen) atoms. The number of aliphatic imine (C=N–C) groups is 1. The van der Waals surface area contributed by atoms with E-state index in [0.29, 0.717) is 22.5 Å². The molecular weight excluding hydrogens is 410 g/mol. The largest absolute Gasteiger partial charge is 0.508 e. The van der Waals surface area contributed by atoms with Crippen molar-refractivity contribution in [1.82, 2.24) is 0 Å². The van der Waals surface area contributed by atoms with Crippen LogP contribution in [0.4, 0.5) is 5.69 Å². The molecule has 0 amide bonds. The van der Waals surface area contributed by atoms with Gasteiger partial charge in [0.15, 0.2) is 5.78 Å². The standard InChI is InChI=1S/C21H15NO3S.C2H6O.C2H6/c1-12(23)13-6-9-20-17(10-13)22-21(15-8-7-14(24)11-18(15)25)16-4-2-3-5-19(16)26-20;1-3-2;1-2/h2-11,24-25H,1H3;1-2H3;1-2H3. The number of rotatable bonds is 2. The van der Waals surface area contributed by atoms with Crippen LogP contribution in [0.15, 0.2) is 75.4 Å². The molecule has 3 aromatic rings. The predicted octanol–water partition coefficient (Wildman–Crippen LogP) is 6.22. The maximum atomic E-state index is 11.8. The summed E-state index contributed by atoms with van der Waals surface area (Å²) < 4.78 is 4.25. The first kappa shape index (κ1) is 24.2. The molecule has 2 N–H and O–H groups in total. The third-order valence-corrected chi connectivity index (χ3v) is 5.34. The van der Waals surface area contributed by atoms with Gasteiger partial charge in [-0.05, 0) is 37.3 Å². The zero-order valence-electron chi connectivity index (χ0n) is 18.3. The van der Waals surface area contributed by atoms with Crippen molar-refractivity contribution in [2.75, 3.05) is 14.2 Å². The van der Waals surface area contributed by atoms with Crippen molar-refractivity contribution < 1.29 is 19.7 Å². The van der Waals surface area contributed by atoms with Gasteiger partial charge in [0.05, 0.1) is 11.4 Å². The number of methoxy groups -OCH3 is 1. The second kappa shape index (κ2) is 11.3. The number of hydrogen-bond acceptors (Lipinski definition) is 6. The van der Waals surface area contributed by atoms with E-state index in [1.165, 1.54) is 19.1 Å². The topological polar surface area (TPSA) is 79.1 Å². The van der Waals surface area contributed by atoms with Gasteiger partial charge in [-0.25, -0.2) is 4.99 Å². The van der Waals surface area contributed by atoms with E-state index in [2.05, 4.69) is 4.74 Å². The number of ketones is 1. The van der Waals surface area contributed by atoms with Gasteiger partial charge in [-0.15, -0.1) is 0 Å². The van der Waals surface area contributed by atoms with E-state index in [9.17, 15) is 15.0 Å². The lowest BCUT2D eigenvalue weighted by Crippen LogP contribution is -2.04. The summed E-state index contributed by atoms with van der Waals surface area (Å²) in [7, 11) is 3.25. The lowest BCUT2D eigenvalue weighted by atomic mass is 10.0. The highest BCUT2D eigenvalue weighted by molar-refractivity contribution is 7.99. The van der Waals surface area contributed by atoms with Crippen molar-refractivity contribution in [3.63, 3.8) is 0 Å². The van der Waals surface area contributed by atoms with Crippen LogP contribution >= 0.6 is 11.8 Å². The summed E-state index contributed by atoms with van der Waals surface area (Å²) in [6.45, 7) is 5.52. The molecule has 0 aliphatic carbocycles. The van der Waals surface area contributed by atoms with E-state index in [4.69, 9.17) is 4.99 Å². The van der Waals surface area contributed by atoms with E-state index in [-0.39, 0.29) is 17.3 Å². The van der Waals surface area contributed by atoms with Gasteiger partial charge in [-0.3, -0.25) is 4.79 Å². The van der Waals surface area contributed by atoms with E-state index in [1.54, 1.807) is 44.2 Å². The number of phenolic OH excluding ortho intramolecular Hbond substituents is 2. The normalized spacial score (nSPS) is 11.3. The van der Waals surface area contributed by atoms with Gasteiger partial charge in [0.2, 0.25) is 0 Å². The van der Waals surface area contributed by atoms with Gasteiger partial charge in [0.1, 0.15) is 11.5 Å². The van der Waals surface area contributed by atoms with Gasteiger partial charge < -0.3 is 14.9 Å². The summed E-state index contributed by atoms with van der Waals surface area (Å²) in [4.78, 5) is 18.5. The van der Waals surface area contributed by atoms with Gasteiger partial charge in [-0.2, -0.15) is 0 Å². The van der Waals surface area contributed by atoms with Crippen LogP contribution in [0.5, 0.6) is 11.5 Å². The molecule has 3 aromatic carbocycles. The number of ether oxygens (including phenoxy) is 1. The van der Waals surface area contributed by atoms with Crippen molar-refractivity contribution >= 4 is 28.9 Å². The molecule has 0 bridgehead atoms. The average Bonchev–Trinajstić information content (AvgIpc) is 2.92. The van der Waals surface area contributed by atoms with Gasteiger partial charge in [0.25, 0.3) is 0 Å². The van der Waals surface area contributed by atoms with Gasteiger partial charge in [0, 0.05) is 46.8 Å². The molecule has 1 aliphatic heterocycles. The lowest BCUT2D eigenvalue weighted by Gasteiger charge is -2.10. The molecule has 0 fully saturated rings. The molecule has 0 saturated carbocycles. The SMILES string of the molecule is CC.CC(=O)c1ccc2c(c1)N=C(c1ccc(O)cc1O)c1ccccc1S2.COC. The molecule has 0 saturated heterocycles. The fourth-order valence-electron chi connectivity index (χ4n) is 2.89. The number of aromatic hydroxyl groups is 2. The zero-order valence-corrected chi connectivity index (χ0v) is 19.2. The fraction of sp³-hybridized carbons (Fsp3) is 0.200. The first-order valence-electron chi connectivity index (χ1n) is 9.88. The molecular formula is C25H27NO4S. The van der Waals surface area contributed by atoms with Crippen molar-refractivity contribution in [2.24, 2.45) is 4.99 Å². The molecule has 162 valence electrons. The smallest absolute Gasteiger partial charge is 0.159 e. The number of phenols is 2. The van der Waals surface area contributed by atoms with Crippen molar-refractivity contribution in [1.29, 1.82) is 0 Å². The minimum Gasteiger partial charge on any atom is -0.508 e. The number of Topliss-reactive ketones (excluding diaryl/α,β-unsaturated/α-hetero) is 1. The first-order chi connectivity index (χ1) is 14.9. The summed E-state index contributed by atoms with van der Waals surface area (Å²) in [6.07, 6.45) is 0. The van der Waals surface area contributed by atoms with Crippen LogP contribution in [0.1, 0.15) is 42.3 Å². The predicted molar refractivity (Wildman–Crippen MR) is 126 cm³/mol. The Hall–Kier alpha value is -3.09. The van der Waals surface area contributed by atoms with E-state index >= 15 is 0 Å². The summed E-state index contributed by atoms with van der Waals surface area (Å²) in [5.41, 5.74) is 3.29. The van der Waals surface area contributed by atoms with E-state index in [1.807, 2.05) is 44.2 Å². The minimum absolute atomic E-state index is 0.0117. The Labute approximate surface area is 187 Å². The van der Waals surface area contributed by atoms with Crippen molar-refractivity contribution in [3.8, 4) is 11.5 Å². The number of nitrogens with zero attached hydrogens (tertiary/aromatic N) is 1. The maximum absolute atomic E-state index is 11.8. The fourth-order valence-corrected chi connectivity index (χ4v) is 3.89. The maximum Gasteiger partial charge on any atom is 0.159 e. The third-order valence-electron chi connectivity index (χ3n) is 4.20. The molecule has 0 spiro atoms. The van der Waals surface area contributed by atoms with Crippen molar-refractivity contribution in [2.45, 2.75) is 30.6 Å². The summed E-state index contributed by atoms with van der Waals surface area (Å²) in [6, 6.07) is 17.8. The number of carbonyl (C=O) groups excluding carboxylic acids is 1. The van der Waals surface area contributed by atoms with Gasteiger partial charge >= 0.3 is 0 Å². The Kier molecular flexibility index (Phi) is 8.85. The molecule has 0 unspecified atom stereocenters.